The van der Waals surface area contributed by atoms with E-state index >= 15 is 0 Å². The van der Waals surface area contributed by atoms with E-state index in [-0.39, 0.29) is 33.8 Å². The molecule has 12 rings (SSSR count). The molecule has 0 spiro atoms. The highest BCUT2D eigenvalue weighted by Crippen LogP contribution is 2.49. The van der Waals surface area contributed by atoms with Crippen molar-refractivity contribution in [1.82, 2.24) is 24.1 Å². The van der Waals surface area contributed by atoms with Gasteiger partial charge in [0, 0.05) is 43.8 Å². The van der Waals surface area contributed by atoms with Crippen molar-refractivity contribution in [1.29, 1.82) is 0 Å². The SMILES string of the molecule is [2H]c1c([2H])c(-c2nc(-c3ccc4c(c3)-c3ccccc3C4(C)C)nc(-n3c4ccccc4c4ccccc43)n2)c([2H])c(-c2c([2H])c([2H])c([2H])c(-n3c4c([2H])c([2H])c([2H])c([2H])c4c4c([2H])c([2H])c([2H])c([2H])c43)c2[2H])c1[2H]. The lowest BCUT2D eigenvalue weighted by Crippen LogP contribution is -2.14. The summed E-state index contributed by atoms with van der Waals surface area (Å²) in [6.07, 6.45) is 0. The Bertz CT molecular complexity index is 4300. The lowest BCUT2D eigenvalue weighted by atomic mass is 9.82. The van der Waals surface area contributed by atoms with Gasteiger partial charge in [0.1, 0.15) is 0 Å². The molecule has 1 aliphatic carbocycles. The van der Waals surface area contributed by atoms with Gasteiger partial charge in [-0.2, -0.15) is 9.97 Å². The minimum Gasteiger partial charge on any atom is -0.309 e. The van der Waals surface area contributed by atoms with Crippen molar-refractivity contribution < 1.29 is 21.9 Å². The number of benzene rings is 8. The Morgan fingerprint density at radius 2 is 1.02 bits per heavy atom. The van der Waals surface area contributed by atoms with E-state index in [1.165, 1.54) is 0 Å². The van der Waals surface area contributed by atoms with Crippen molar-refractivity contribution in [2.24, 2.45) is 0 Å². The third kappa shape index (κ3) is 5.08. The molecule has 0 fully saturated rings. The summed E-state index contributed by atoms with van der Waals surface area (Å²) >= 11 is 0. The molecular weight excluding hydrogens is 719 g/mol. The predicted molar refractivity (Wildman–Crippen MR) is 242 cm³/mol. The molecule has 5 nitrogen and oxygen atoms in total. The minimum absolute atomic E-state index is 0.0765. The zero-order chi connectivity index (χ0) is 53.2. The van der Waals surface area contributed by atoms with Crippen molar-refractivity contribution in [2.75, 3.05) is 0 Å². The number of rotatable bonds is 5. The fourth-order valence-electron chi connectivity index (χ4n) is 8.50. The van der Waals surface area contributed by atoms with Gasteiger partial charge in [-0.05, 0) is 81.8 Å². The summed E-state index contributed by atoms with van der Waals surface area (Å²) in [6, 6.07) is 17.1. The second kappa shape index (κ2) is 12.7. The molecule has 0 atom stereocenters. The van der Waals surface area contributed by atoms with E-state index in [1.807, 2.05) is 89.5 Å². The highest BCUT2D eigenvalue weighted by Gasteiger charge is 2.35. The molecule has 5 heteroatoms. The molecule has 0 N–H and O–H groups in total. The molecule has 11 aromatic rings. The molecule has 0 unspecified atom stereocenters. The standard InChI is InChI=1S/C54H37N5/c1-54(2)45-24-8-3-19-39(45)44-33-37(29-30-46(44)54)52-55-51(56-53(57-52)59-49-27-11-6-22-42(49)43-23-7-12-28-50(43)59)36-17-13-15-34(31-36)35-16-14-18-38(32-35)58-47-25-9-4-20-40(47)41-21-5-10-26-48(41)58/h3-33H,1-2H3/i4D,5D,9D,10D,13D,14D,15D,16D,17D,18D,20D,21D,25D,26D,31D,32D. The highest BCUT2D eigenvalue weighted by molar-refractivity contribution is 6.10. The zero-order valence-electron chi connectivity index (χ0n) is 47.4. The summed E-state index contributed by atoms with van der Waals surface area (Å²) in [5, 5.41) is 1.04. The zero-order valence-corrected chi connectivity index (χ0v) is 31.4. The number of para-hydroxylation sites is 4. The second-order valence-electron chi connectivity index (χ2n) is 14.8. The molecule has 3 aromatic heterocycles. The average molecular weight is 772 g/mol. The van der Waals surface area contributed by atoms with Gasteiger partial charge in [0.05, 0.1) is 44.0 Å². The van der Waals surface area contributed by atoms with Gasteiger partial charge in [-0.15, -0.1) is 0 Å². The third-order valence-electron chi connectivity index (χ3n) is 11.2. The summed E-state index contributed by atoms with van der Waals surface area (Å²) in [5.41, 5.74) is 2.61. The first kappa shape index (κ1) is 21.2. The van der Waals surface area contributed by atoms with Crippen LogP contribution in [0, 0.1) is 0 Å². The fourth-order valence-corrected chi connectivity index (χ4v) is 8.50. The normalized spacial score (nSPS) is 16.8. The molecular formula is C54H37N5. The van der Waals surface area contributed by atoms with Crippen molar-refractivity contribution >= 4 is 43.6 Å². The first-order valence-electron chi connectivity index (χ1n) is 26.9. The summed E-state index contributed by atoms with van der Waals surface area (Å²) < 4.78 is 148. The summed E-state index contributed by atoms with van der Waals surface area (Å²) in [4.78, 5) is 15.0. The van der Waals surface area contributed by atoms with Gasteiger partial charge in [-0.25, -0.2) is 4.98 Å². The Kier molecular flexibility index (Phi) is 4.56. The van der Waals surface area contributed by atoms with Crippen LogP contribution in [0.15, 0.2) is 188 Å². The number of fused-ring (bicyclic) bond motifs is 9. The molecule has 278 valence electrons. The van der Waals surface area contributed by atoms with Crippen LogP contribution in [0.3, 0.4) is 0 Å². The van der Waals surface area contributed by atoms with Gasteiger partial charge >= 0.3 is 0 Å². The van der Waals surface area contributed by atoms with Crippen molar-refractivity contribution in [3.05, 3.63) is 199 Å². The fraction of sp³-hybridized carbons (Fsp3) is 0.0556. The van der Waals surface area contributed by atoms with E-state index in [2.05, 4.69) is 19.9 Å². The Morgan fingerprint density at radius 1 is 0.441 bits per heavy atom. The summed E-state index contributed by atoms with van der Waals surface area (Å²) in [7, 11) is 0. The maximum Gasteiger partial charge on any atom is 0.238 e. The molecule has 1 aliphatic rings. The molecule has 0 saturated heterocycles. The number of aromatic nitrogens is 5. The van der Waals surface area contributed by atoms with E-state index in [9.17, 15) is 9.60 Å². The van der Waals surface area contributed by atoms with E-state index in [0.717, 1.165) is 48.6 Å². The lowest BCUT2D eigenvalue weighted by molar-refractivity contribution is 0.660. The minimum atomic E-state index is -0.882. The maximum absolute atomic E-state index is 9.95. The van der Waals surface area contributed by atoms with Crippen LogP contribution in [-0.2, 0) is 5.41 Å². The van der Waals surface area contributed by atoms with Crippen molar-refractivity contribution in [3.8, 4) is 56.7 Å². The van der Waals surface area contributed by atoms with Crippen LogP contribution in [0.1, 0.15) is 46.9 Å². The molecule has 0 radical (unpaired) electrons. The first-order chi connectivity index (χ1) is 35.7. The molecule has 0 amide bonds. The molecule has 8 aromatic carbocycles. The Morgan fingerprint density at radius 3 is 1.75 bits per heavy atom. The van der Waals surface area contributed by atoms with Crippen LogP contribution in [0.5, 0.6) is 0 Å². The summed E-state index contributed by atoms with van der Waals surface area (Å²) in [5.74, 6) is -0.0767. The van der Waals surface area contributed by atoms with Gasteiger partial charge in [0.15, 0.2) is 11.6 Å². The predicted octanol–water partition coefficient (Wildman–Crippen LogP) is 13.4. The van der Waals surface area contributed by atoms with Gasteiger partial charge in [-0.1, -0.05) is 153 Å². The van der Waals surface area contributed by atoms with Crippen LogP contribution < -0.4 is 0 Å². The van der Waals surface area contributed by atoms with Crippen molar-refractivity contribution in [3.63, 3.8) is 0 Å². The van der Waals surface area contributed by atoms with E-state index < -0.39 is 130 Å². The quantitative estimate of drug-likeness (QED) is 0.175. The van der Waals surface area contributed by atoms with Gasteiger partial charge in [-0.3, -0.25) is 4.57 Å². The maximum atomic E-state index is 9.95. The van der Waals surface area contributed by atoms with Crippen LogP contribution >= 0.6 is 0 Å². The molecule has 0 aliphatic heterocycles. The monoisotopic (exact) mass is 771 g/mol. The first-order valence-corrected chi connectivity index (χ1v) is 18.9. The van der Waals surface area contributed by atoms with Crippen LogP contribution in [0.25, 0.3) is 100 Å². The third-order valence-corrected chi connectivity index (χ3v) is 11.2. The Labute approximate surface area is 364 Å². The lowest BCUT2D eigenvalue weighted by Gasteiger charge is -2.21. The molecule has 3 heterocycles. The van der Waals surface area contributed by atoms with Crippen LogP contribution in [0.2, 0.25) is 0 Å². The summed E-state index contributed by atoms with van der Waals surface area (Å²) in [6.45, 7) is 4.30. The van der Waals surface area contributed by atoms with Gasteiger partial charge in [0.2, 0.25) is 5.95 Å². The van der Waals surface area contributed by atoms with Crippen LogP contribution in [-0.4, -0.2) is 24.1 Å². The molecule has 0 saturated carbocycles. The number of hydrogen-bond acceptors (Lipinski definition) is 3. The Balaban J connectivity index is 1.17. The highest BCUT2D eigenvalue weighted by atomic mass is 15.2. The van der Waals surface area contributed by atoms with Crippen LogP contribution in [0.4, 0.5) is 0 Å². The molecule has 0 bridgehead atoms. The topological polar surface area (TPSA) is 48.5 Å². The smallest absolute Gasteiger partial charge is 0.238 e. The molecule has 59 heavy (non-hydrogen) atoms. The van der Waals surface area contributed by atoms with E-state index in [0.29, 0.717) is 5.56 Å². The van der Waals surface area contributed by atoms with Gasteiger partial charge < -0.3 is 4.57 Å². The second-order valence-corrected chi connectivity index (χ2v) is 14.8. The number of nitrogens with zero attached hydrogens (tertiary/aromatic N) is 5. The van der Waals surface area contributed by atoms with E-state index in [1.54, 1.807) is 0 Å². The van der Waals surface area contributed by atoms with E-state index in [4.69, 9.17) is 27.3 Å². The van der Waals surface area contributed by atoms with Crippen molar-refractivity contribution in [2.45, 2.75) is 19.3 Å². The average Bonchev–Trinajstić information content (AvgIpc) is 4.12. The van der Waals surface area contributed by atoms with Gasteiger partial charge in [0.25, 0.3) is 0 Å². The largest absolute Gasteiger partial charge is 0.309 e. The Hall–Kier alpha value is -7.63. The number of hydrogen-bond donors (Lipinski definition) is 0.